The van der Waals surface area contributed by atoms with Crippen LogP contribution in [0.1, 0.15) is 0 Å². The minimum absolute atomic E-state index is 0.153. The number of hydrogen-bond donors (Lipinski definition) is 1. The lowest BCUT2D eigenvalue weighted by Gasteiger charge is -2.09. The molecule has 0 heterocycles. The van der Waals surface area contributed by atoms with Gasteiger partial charge in [0.05, 0.1) is 0 Å². The van der Waals surface area contributed by atoms with Crippen LogP contribution in [0.25, 0.3) is 22.3 Å². The van der Waals surface area contributed by atoms with Gasteiger partial charge in [-0.15, -0.1) is 12.6 Å². The fourth-order valence-electron chi connectivity index (χ4n) is 2.28. The van der Waals surface area contributed by atoms with E-state index in [0.29, 0.717) is 0 Å². The van der Waals surface area contributed by atoms with Crippen molar-refractivity contribution in [2.24, 2.45) is 0 Å². The van der Waals surface area contributed by atoms with Crippen molar-refractivity contribution < 1.29 is 4.39 Å². The molecule has 0 aliphatic heterocycles. The molecule has 0 aliphatic rings. The summed E-state index contributed by atoms with van der Waals surface area (Å²) in [4.78, 5) is 0.806. The molecular weight excluding hydrogens is 278 g/mol. The topological polar surface area (TPSA) is 0 Å². The molecule has 0 spiro atoms. The Labute approximate surface area is 130 Å². The van der Waals surface area contributed by atoms with Crippen LogP contribution in [0.4, 0.5) is 4.39 Å². The first-order valence-corrected chi connectivity index (χ1v) is 7.04. The van der Waals surface area contributed by atoms with Gasteiger partial charge >= 0.3 is 0 Å². The third-order valence-corrected chi connectivity index (χ3v) is 3.79. The second kappa shape index (κ2) is 5.78. The fraction of sp³-hybridized carbons (Fsp3) is 0. The van der Waals surface area contributed by atoms with Gasteiger partial charge in [-0.25, -0.2) is 4.39 Å². The van der Waals surface area contributed by atoms with Crippen molar-refractivity contribution in [1.82, 2.24) is 0 Å². The third kappa shape index (κ3) is 2.88. The van der Waals surface area contributed by atoms with Crippen LogP contribution in [0.2, 0.25) is 0 Å². The smallest absolute Gasteiger partial charge is 0.117 e. The Morgan fingerprint density at radius 2 is 1.48 bits per heavy atom. The first kappa shape index (κ1) is 14.0. The zero-order valence-corrected chi connectivity index (χ0v) is 12.1. The Hall–Kier alpha value is -2.00. The van der Waals surface area contributed by atoms with E-state index < -0.39 is 5.82 Å². The van der Waals surface area contributed by atoms with Gasteiger partial charge < -0.3 is 0 Å². The van der Waals surface area contributed by atoms with Crippen LogP contribution >= 0.6 is 12.6 Å². The molecule has 3 rings (SSSR count). The first-order valence-electron chi connectivity index (χ1n) is 6.59. The van der Waals surface area contributed by atoms with E-state index in [2.05, 4.69) is 12.6 Å². The predicted molar refractivity (Wildman–Crippen MR) is 89.9 cm³/mol. The van der Waals surface area contributed by atoms with Crippen molar-refractivity contribution in [3.63, 3.8) is 0 Å². The summed E-state index contributed by atoms with van der Waals surface area (Å²) < 4.78 is 13.6. The predicted octanol–water partition coefficient (Wildman–Crippen LogP) is 4.24. The Kier molecular flexibility index (Phi) is 3.85. The van der Waals surface area contributed by atoms with Gasteiger partial charge in [0.1, 0.15) is 13.7 Å². The average Bonchev–Trinajstić information content (AvgIpc) is 2.51. The van der Waals surface area contributed by atoms with Gasteiger partial charge in [-0.05, 0) is 34.4 Å². The lowest BCUT2D eigenvalue weighted by atomic mass is 9.92. The quantitative estimate of drug-likeness (QED) is 0.529. The van der Waals surface area contributed by atoms with Crippen LogP contribution in [-0.4, -0.2) is 7.85 Å². The molecular formula is C18H12BFS. The number of thiol groups is 1. The Bertz CT molecular complexity index is 784. The highest BCUT2D eigenvalue weighted by molar-refractivity contribution is 7.80. The lowest BCUT2D eigenvalue weighted by Crippen LogP contribution is -2.07. The summed E-state index contributed by atoms with van der Waals surface area (Å²) in [7, 11) is 5.51. The van der Waals surface area contributed by atoms with Gasteiger partial charge in [0.2, 0.25) is 0 Å². The molecule has 0 amide bonds. The van der Waals surface area contributed by atoms with Crippen molar-refractivity contribution in [2.75, 3.05) is 0 Å². The van der Waals surface area contributed by atoms with E-state index in [1.165, 1.54) is 6.07 Å². The molecule has 3 aromatic rings. The van der Waals surface area contributed by atoms with E-state index in [9.17, 15) is 4.39 Å². The van der Waals surface area contributed by atoms with Gasteiger partial charge in [0.15, 0.2) is 0 Å². The molecule has 0 saturated heterocycles. The molecule has 3 aromatic carbocycles. The summed E-state index contributed by atoms with van der Waals surface area (Å²) in [5, 5.41) is 0. The zero-order chi connectivity index (χ0) is 14.8. The van der Waals surface area contributed by atoms with Crippen molar-refractivity contribution in [1.29, 1.82) is 0 Å². The normalized spacial score (nSPS) is 10.6. The van der Waals surface area contributed by atoms with E-state index in [1.807, 2.05) is 48.5 Å². The molecule has 0 aromatic heterocycles. The number of hydrogen-bond acceptors (Lipinski definition) is 1. The molecule has 21 heavy (non-hydrogen) atoms. The summed E-state index contributed by atoms with van der Waals surface area (Å²) in [5.74, 6) is -0.410. The average molecular weight is 290 g/mol. The number of benzene rings is 3. The molecule has 3 heteroatoms. The third-order valence-electron chi connectivity index (χ3n) is 3.42. The summed E-state index contributed by atoms with van der Waals surface area (Å²) >= 11 is 4.54. The molecule has 0 aliphatic carbocycles. The van der Waals surface area contributed by atoms with Crippen LogP contribution in [0.15, 0.2) is 71.6 Å². The van der Waals surface area contributed by atoms with Gasteiger partial charge in [0.25, 0.3) is 0 Å². The summed E-state index contributed by atoms with van der Waals surface area (Å²) in [6.45, 7) is 0. The monoisotopic (exact) mass is 290 g/mol. The van der Waals surface area contributed by atoms with Crippen LogP contribution in [-0.2, 0) is 0 Å². The van der Waals surface area contributed by atoms with Crippen molar-refractivity contribution in [2.45, 2.75) is 4.90 Å². The molecule has 0 nitrogen and oxygen atoms in total. The Morgan fingerprint density at radius 3 is 2.14 bits per heavy atom. The summed E-state index contributed by atoms with van der Waals surface area (Å²) in [5.41, 5.74) is 4.02. The van der Waals surface area contributed by atoms with Gasteiger partial charge in [-0.1, -0.05) is 60.1 Å². The zero-order valence-electron chi connectivity index (χ0n) is 11.3. The van der Waals surface area contributed by atoms with Crippen molar-refractivity contribution >= 4 is 25.9 Å². The van der Waals surface area contributed by atoms with Gasteiger partial charge in [0, 0.05) is 4.90 Å². The standard InChI is InChI=1S/C18H12BFS/c19-16-9-7-14(10-17(16)20)15-8-6-13(11-18(15)21)12-4-2-1-3-5-12/h1-11,21H. The number of halogens is 1. The molecule has 100 valence electrons. The maximum Gasteiger partial charge on any atom is 0.117 e. The first-order chi connectivity index (χ1) is 10.1. The van der Waals surface area contributed by atoms with Crippen LogP contribution in [0.3, 0.4) is 0 Å². The summed E-state index contributed by atoms with van der Waals surface area (Å²) in [6, 6.07) is 20.8. The maximum absolute atomic E-state index is 13.6. The minimum atomic E-state index is -0.410. The SMILES string of the molecule is [B]c1ccc(-c2ccc(-c3ccccc3)cc2S)cc1F. The van der Waals surface area contributed by atoms with E-state index in [1.54, 1.807) is 12.1 Å². The van der Waals surface area contributed by atoms with Crippen molar-refractivity contribution in [3.8, 4) is 22.3 Å². The highest BCUT2D eigenvalue weighted by atomic mass is 32.1. The Balaban J connectivity index is 2.04. The van der Waals surface area contributed by atoms with Crippen molar-refractivity contribution in [3.05, 3.63) is 72.5 Å². The van der Waals surface area contributed by atoms with Gasteiger partial charge in [-0.3, -0.25) is 0 Å². The molecule has 0 saturated carbocycles. The van der Waals surface area contributed by atoms with E-state index in [0.717, 1.165) is 27.1 Å². The molecule has 0 fully saturated rings. The highest BCUT2D eigenvalue weighted by Crippen LogP contribution is 2.31. The fourth-order valence-corrected chi connectivity index (χ4v) is 2.62. The molecule has 0 atom stereocenters. The Morgan fingerprint density at radius 1 is 0.762 bits per heavy atom. The molecule has 0 N–H and O–H groups in total. The molecule has 0 bridgehead atoms. The van der Waals surface area contributed by atoms with Gasteiger partial charge in [-0.2, -0.15) is 0 Å². The second-order valence-electron chi connectivity index (χ2n) is 4.83. The van der Waals surface area contributed by atoms with E-state index in [4.69, 9.17) is 7.85 Å². The summed E-state index contributed by atoms with van der Waals surface area (Å²) in [6.07, 6.45) is 0. The van der Waals surface area contributed by atoms with Crippen LogP contribution in [0.5, 0.6) is 0 Å². The van der Waals surface area contributed by atoms with Crippen LogP contribution in [0, 0.1) is 5.82 Å². The maximum atomic E-state index is 13.6. The van der Waals surface area contributed by atoms with Crippen LogP contribution < -0.4 is 5.46 Å². The molecule has 2 radical (unpaired) electrons. The second-order valence-corrected chi connectivity index (χ2v) is 5.32. The lowest BCUT2D eigenvalue weighted by molar-refractivity contribution is 0.636. The van der Waals surface area contributed by atoms with E-state index in [-0.39, 0.29) is 5.46 Å². The van der Waals surface area contributed by atoms with E-state index >= 15 is 0 Å². The largest absolute Gasteiger partial charge is 0.208 e. The number of rotatable bonds is 2. The highest BCUT2D eigenvalue weighted by Gasteiger charge is 2.07. The minimum Gasteiger partial charge on any atom is -0.208 e. The molecule has 0 unspecified atom stereocenters.